The zero-order chi connectivity index (χ0) is 14.4. The van der Waals surface area contributed by atoms with Crippen LogP contribution in [0.4, 0.5) is 0 Å². The molecule has 20 heavy (non-hydrogen) atoms. The van der Waals surface area contributed by atoms with E-state index in [1.807, 2.05) is 30.3 Å². The van der Waals surface area contributed by atoms with E-state index in [1.165, 1.54) is 0 Å². The molecule has 0 atom stereocenters. The molecular formula is C15H16BrClN2O. The third-order valence-corrected chi connectivity index (χ3v) is 3.39. The summed E-state index contributed by atoms with van der Waals surface area (Å²) in [5.41, 5.74) is 1.05. The second-order valence-electron chi connectivity index (χ2n) is 4.37. The van der Waals surface area contributed by atoms with Gasteiger partial charge in [-0.2, -0.15) is 0 Å². The number of rotatable bonds is 6. The van der Waals surface area contributed by atoms with Gasteiger partial charge in [-0.15, -0.1) is 0 Å². The number of hydrogen-bond acceptors (Lipinski definition) is 3. The van der Waals surface area contributed by atoms with Crippen LogP contribution in [0.2, 0.25) is 5.02 Å². The Morgan fingerprint density at radius 3 is 2.90 bits per heavy atom. The van der Waals surface area contributed by atoms with Crippen molar-refractivity contribution in [3.05, 3.63) is 51.6 Å². The van der Waals surface area contributed by atoms with Crippen molar-refractivity contribution in [2.24, 2.45) is 0 Å². The van der Waals surface area contributed by atoms with Crippen molar-refractivity contribution in [2.75, 3.05) is 6.54 Å². The van der Waals surface area contributed by atoms with Crippen LogP contribution in [0.15, 0.2) is 41.0 Å². The van der Waals surface area contributed by atoms with Crippen molar-refractivity contribution in [3.8, 4) is 11.6 Å². The summed E-state index contributed by atoms with van der Waals surface area (Å²) in [5.74, 6) is 1.12. The lowest BCUT2D eigenvalue weighted by Gasteiger charge is -2.09. The molecule has 2 aromatic rings. The topological polar surface area (TPSA) is 34.2 Å². The molecular weight excluding hydrogens is 340 g/mol. The summed E-state index contributed by atoms with van der Waals surface area (Å²) in [5, 5.41) is 3.82. The molecule has 1 aromatic heterocycles. The fourth-order valence-corrected chi connectivity index (χ4v) is 2.29. The van der Waals surface area contributed by atoms with Crippen molar-refractivity contribution in [2.45, 2.75) is 19.9 Å². The van der Waals surface area contributed by atoms with Gasteiger partial charge in [0.1, 0.15) is 10.8 Å². The minimum Gasteiger partial charge on any atom is -0.438 e. The Kier molecular flexibility index (Phi) is 5.83. The van der Waals surface area contributed by atoms with E-state index >= 15 is 0 Å². The van der Waals surface area contributed by atoms with E-state index in [0.29, 0.717) is 16.7 Å². The van der Waals surface area contributed by atoms with Crippen molar-refractivity contribution < 1.29 is 4.74 Å². The summed E-state index contributed by atoms with van der Waals surface area (Å²) < 4.78 is 6.63. The lowest BCUT2D eigenvalue weighted by Crippen LogP contribution is -2.13. The molecule has 1 N–H and O–H groups in total. The SMILES string of the molecule is CCCNCc1cnc(Oc2cccc(Br)c2)c(Cl)c1. The number of benzene rings is 1. The highest BCUT2D eigenvalue weighted by Crippen LogP contribution is 2.29. The van der Waals surface area contributed by atoms with Gasteiger partial charge < -0.3 is 10.1 Å². The third kappa shape index (κ3) is 4.47. The number of aromatic nitrogens is 1. The first-order valence-corrected chi connectivity index (χ1v) is 7.64. The molecule has 0 bridgehead atoms. The molecule has 0 aliphatic heterocycles. The predicted molar refractivity (Wildman–Crippen MR) is 85.5 cm³/mol. The van der Waals surface area contributed by atoms with Gasteiger partial charge in [-0.05, 0) is 42.8 Å². The number of halogens is 2. The molecule has 1 heterocycles. The third-order valence-electron chi connectivity index (χ3n) is 2.63. The van der Waals surface area contributed by atoms with Crippen LogP contribution in [-0.4, -0.2) is 11.5 Å². The van der Waals surface area contributed by atoms with Gasteiger partial charge in [0.2, 0.25) is 5.88 Å². The van der Waals surface area contributed by atoms with Gasteiger partial charge in [-0.25, -0.2) is 4.98 Å². The van der Waals surface area contributed by atoms with Crippen LogP contribution in [0.1, 0.15) is 18.9 Å². The van der Waals surface area contributed by atoms with E-state index in [0.717, 1.165) is 29.5 Å². The second kappa shape index (κ2) is 7.62. The normalized spacial score (nSPS) is 10.6. The Morgan fingerprint density at radius 1 is 1.35 bits per heavy atom. The molecule has 0 saturated carbocycles. The maximum atomic E-state index is 6.20. The smallest absolute Gasteiger partial charge is 0.238 e. The molecule has 106 valence electrons. The van der Waals surface area contributed by atoms with Crippen molar-refractivity contribution in [1.82, 2.24) is 10.3 Å². The van der Waals surface area contributed by atoms with Crippen LogP contribution in [0.5, 0.6) is 11.6 Å². The Balaban J connectivity index is 2.06. The molecule has 3 nitrogen and oxygen atoms in total. The molecule has 0 saturated heterocycles. The quantitative estimate of drug-likeness (QED) is 0.757. The lowest BCUT2D eigenvalue weighted by molar-refractivity contribution is 0.462. The molecule has 0 radical (unpaired) electrons. The van der Waals surface area contributed by atoms with Crippen LogP contribution < -0.4 is 10.1 Å². The minimum absolute atomic E-state index is 0.420. The molecule has 2 rings (SSSR count). The number of ether oxygens (including phenoxy) is 1. The predicted octanol–water partition coefficient (Wildman–Crippen LogP) is 4.79. The number of nitrogens with one attached hydrogen (secondary N) is 1. The van der Waals surface area contributed by atoms with Crippen LogP contribution in [-0.2, 0) is 6.54 Å². The highest BCUT2D eigenvalue weighted by molar-refractivity contribution is 9.10. The first-order chi connectivity index (χ1) is 9.69. The van der Waals surface area contributed by atoms with Crippen molar-refractivity contribution >= 4 is 27.5 Å². The Hall–Kier alpha value is -1.10. The number of hydrogen-bond donors (Lipinski definition) is 1. The van der Waals surface area contributed by atoms with E-state index in [1.54, 1.807) is 6.20 Å². The van der Waals surface area contributed by atoms with Crippen LogP contribution in [0, 0.1) is 0 Å². The van der Waals surface area contributed by atoms with Crippen molar-refractivity contribution in [3.63, 3.8) is 0 Å². The zero-order valence-electron chi connectivity index (χ0n) is 11.2. The number of pyridine rings is 1. The van der Waals surface area contributed by atoms with E-state index in [-0.39, 0.29) is 0 Å². The van der Waals surface area contributed by atoms with Gasteiger partial charge in [0.15, 0.2) is 0 Å². The summed E-state index contributed by atoms with van der Waals surface area (Å²) in [6.07, 6.45) is 2.88. The fourth-order valence-electron chi connectivity index (χ4n) is 1.69. The Morgan fingerprint density at radius 2 is 2.20 bits per heavy atom. The maximum absolute atomic E-state index is 6.20. The summed E-state index contributed by atoms with van der Waals surface area (Å²) in [7, 11) is 0. The molecule has 0 spiro atoms. The van der Waals surface area contributed by atoms with Gasteiger partial charge in [0.25, 0.3) is 0 Å². The van der Waals surface area contributed by atoms with Gasteiger partial charge in [-0.3, -0.25) is 0 Å². The zero-order valence-corrected chi connectivity index (χ0v) is 13.5. The van der Waals surface area contributed by atoms with Gasteiger partial charge in [0, 0.05) is 17.2 Å². The summed E-state index contributed by atoms with van der Waals surface area (Å²) in [6.45, 7) is 3.87. The monoisotopic (exact) mass is 354 g/mol. The standard InChI is InChI=1S/C15H16BrClN2O/c1-2-6-18-9-11-7-14(17)15(19-10-11)20-13-5-3-4-12(16)8-13/h3-5,7-8,10,18H,2,6,9H2,1H3. The molecule has 1 aromatic carbocycles. The largest absolute Gasteiger partial charge is 0.438 e. The molecule has 0 aliphatic carbocycles. The highest BCUT2D eigenvalue weighted by atomic mass is 79.9. The van der Waals surface area contributed by atoms with E-state index in [2.05, 4.69) is 33.2 Å². The second-order valence-corrected chi connectivity index (χ2v) is 5.69. The summed E-state index contributed by atoms with van der Waals surface area (Å²) in [6, 6.07) is 9.44. The first-order valence-electron chi connectivity index (χ1n) is 6.47. The number of nitrogens with zero attached hydrogens (tertiary/aromatic N) is 1. The molecule has 5 heteroatoms. The minimum atomic E-state index is 0.420. The Bertz CT molecular complexity index is 578. The van der Waals surface area contributed by atoms with Crippen LogP contribution >= 0.6 is 27.5 Å². The molecule has 0 fully saturated rings. The van der Waals surface area contributed by atoms with E-state index < -0.39 is 0 Å². The molecule has 0 aliphatic rings. The first kappa shape index (κ1) is 15.3. The van der Waals surface area contributed by atoms with Crippen LogP contribution in [0.25, 0.3) is 0 Å². The lowest BCUT2D eigenvalue weighted by atomic mass is 10.3. The van der Waals surface area contributed by atoms with Gasteiger partial charge in [-0.1, -0.05) is 40.5 Å². The average molecular weight is 356 g/mol. The summed E-state index contributed by atoms with van der Waals surface area (Å²) >= 11 is 9.60. The van der Waals surface area contributed by atoms with E-state index in [4.69, 9.17) is 16.3 Å². The maximum Gasteiger partial charge on any atom is 0.238 e. The van der Waals surface area contributed by atoms with Gasteiger partial charge in [0.05, 0.1) is 0 Å². The Labute approximate surface area is 132 Å². The van der Waals surface area contributed by atoms with Crippen LogP contribution in [0.3, 0.4) is 0 Å². The molecule has 0 amide bonds. The molecule has 0 unspecified atom stereocenters. The highest BCUT2D eigenvalue weighted by Gasteiger charge is 2.06. The summed E-state index contributed by atoms with van der Waals surface area (Å²) in [4.78, 5) is 4.27. The average Bonchev–Trinajstić information content (AvgIpc) is 2.42. The van der Waals surface area contributed by atoms with E-state index in [9.17, 15) is 0 Å². The fraction of sp³-hybridized carbons (Fsp3) is 0.267. The van der Waals surface area contributed by atoms with Gasteiger partial charge >= 0.3 is 0 Å². The van der Waals surface area contributed by atoms with Crippen molar-refractivity contribution in [1.29, 1.82) is 0 Å².